The van der Waals surface area contributed by atoms with Crippen molar-refractivity contribution >= 4 is 28.2 Å². The molecule has 1 amide bonds. The number of amides is 1. The van der Waals surface area contributed by atoms with E-state index in [-0.39, 0.29) is 5.91 Å². The summed E-state index contributed by atoms with van der Waals surface area (Å²) in [5.74, 6) is 0.708. The Morgan fingerprint density at radius 2 is 2.14 bits per heavy atom. The van der Waals surface area contributed by atoms with Crippen LogP contribution in [0.1, 0.15) is 36.4 Å². The van der Waals surface area contributed by atoms with Gasteiger partial charge in [-0.1, -0.05) is 25.2 Å². The van der Waals surface area contributed by atoms with Gasteiger partial charge in [-0.25, -0.2) is 4.98 Å². The molecule has 0 aromatic carbocycles. The van der Waals surface area contributed by atoms with Gasteiger partial charge in [-0.05, 0) is 31.8 Å². The molecule has 7 heteroatoms. The topological polar surface area (TPSA) is 83.3 Å². The summed E-state index contributed by atoms with van der Waals surface area (Å²) in [6.07, 6.45) is 2.53. The van der Waals surface area contributed by atoms with Crippen molar-refractivity contribution < 1.29 is 4.79 Å². The van der Waals surface area contributed by atoms with Gasteiger partial charge in [0.2, 0.25) is 0 Å². The Morgan fingerprint density at radius 1 is 1.43 bits per heavy atom. The van der Waals surface area contributed by atoms with Crippen LogP contribution >= 0.6 is 11.3 Å². The highest BCUT2D eigenvalue weighted by atomic mass is 32.1. The monoisotopic (exact) mass is 311 g/mol. The zero-order chi connectivity index (χ0) is 15.2. The number of carbonyl (C=O) groups is 1. The third kappa shape index (κ3) is 4.86. The number of nitrogens with zero attached hydrogens (tertiary/aromatic N) is 2. The summed E-state index contributed by atoms with van der Waals surface area (Å²) in [6, 6.07) is 0. The van der Waals surface area contributed by atoms with Gasteiger partial charge in [0.1, 0.15) is 10.7 Å². The molecule has 0 radical (unpaired) electrons. The fourth-order valence-electron chi connectivity index (χ4n) is 2.28. The molecule has 0 saturated carbocycles. The maximum atomic E-state index is 12.1. The van der Waals surface area contributed by atoms with Crippen LogP contribution in [0.5, 0.6) is 0 Å². The van der Waals surface area contributed by atoms with E-state index in [0.29, 0.717) is 28.3 Å². The molecule has 1 aromatic rings. The lowest BCUT2D eigenvalue weighted by atomic mass is 10.2. The summed E-state index contributed by atoms with van der Waals surface area (Å²) in [5.41, 5.74) is 5.83. The standard InChI is InChI=1S/C14H25N5OS/c1-10(2)9-17-14-18-12(15)11(21-14)13(20)16-5-8-19-6-3-4-7-19/h10H,3-9,15H2,1-2H3,(H,16,20)(H,17,18). The predicted molar refractivity (Wildman–Crippen MR) is 87.9 cm³/mol. The molecule has 2 heterocycles. The molecule has 0 bridgehead atoms. The van der Waals surface area contributed by atoms with E-state index in [1.807, 2.05) is 0 Å². The number of hydrogen-bond donors (Lipinski definition) is 3. The SMILES string of the molecule is CC(C)CNc1nc(N)c(C(=O)NCCN2CCCC2)s1. The van der Waals surface area contributed by atoms with Gasteiger partial charge >= 0.3 is 0 Å². The Balaban J connectivity index is 1.80. The second-order valence-corrected chi connectivity index (χ2v) is 6.81. The molecular weight excluding hydrogens is 286 g/mol. The molecule has 0 atom stereocenters. The zero-order valence-corrected chi connectivity index (χ0v) is 13.6. The Labute approximate surface area is 130 Å². The molecule has 4 N–H and O–H groups in total. The van der Waals surface area contributed by atoms with Crippen molar-refractivity contribution in [3.63, 3.8) is 0 Å². The van der Waals surface area contributed by atoms with Crippen molar-refractivity contribution in [1.82, 2.24) is 15.2 Å². The average molecular weight is 311 g/mol. The van der Waals surface area contributed by atoms with E-state index >= 15 is 0 Å². The lowest BCUT2D eigenvalue weighted by molar-refractivity contribution is 0.0954. The number of hydrogen-bond acceptors (Lipinski definition) is 6. The van der Waals surface area contributed by atoms with Gasteiger partial charge in [0.05, 0.1) is 0 Å². The molecular formula is C14H25N5OS. The van der Waals surface area contributed by atoms with Crippen molar-refractivity contribution in [2.45, 2.75) is 26.7 Å². The lowest BCUT2D eigenvalue weighted by Gasteiger charge is -2.14. The van der Waals surface area contributed by atoms with E-state index in [9.17, 15) is 4.79 Å². The van der Waals surface area contributed by atoms with Crippen molar-refractivity contribution in [1.29, 1.82) is 0 Å². The van der Waals surface area contributed by atoms with Crippen molar-refractivity contribution in [3.8, 4) is 0 Å². The number of aromatic nitrogens is 1. The molecule has 1 aliphatic heterocycles. The van der Waals surface area contributed by atoms with Crippen LogP contribution in [0.15, 0.2) is 0 Å². The van der Waals surface area contributed by atoms with E-state index in [1.54, 1.807) is 0 Å². The van der Waals surface area contributed by atoms with E-state index in [2.05, 4.69) is 34.4 Å². The maximum absolute atomic E-state index is 12.1. The minimum atomic E-state index is -0.123. The van der Waals surface area contributed by atoms with E-state index in [4.69, 9.17) is 5.73 Å². The van der Waals surface area contributed by atoms with Crippen molar-refractivity contribution in [2.24, 2.45) is 5.92 Å². The summed E-state index contributed by atoms with van der Waals surface area (Å²) in [4.78, 5) is 19.2. The first-order chi connectivity index (χ1) is 10.1. The molecule has 118 valence electrons. The lowest BCUT2D eigenvalue weighted by Crippen LogP contribution is -2.33. The first-order valence-corrected chi connectivity index (χ1v) is 8.38. The molecule has 0 spiro atoms. The normalized spacial score (nSPS) is 15.6. The summed E-state index contributed by atoms with van der Waals surface area (Å²) >= 11 is 1.32. The highest BCUT2D eigenvalue weighted by molar-refractivity contribution is 7.18. The van der Waals surface area contributed by atoms with E-state index in [1.165, 1.54) is 24.2 Å². The fraction of sp³-hybridized carbons (Fsp3) is 0.714. The second kappa shape index (κ2) is 7.61. The molecule has 2 rings (SSSR count). The molecule has 1 aromatic heterocycles. The van der Waals surface area contributed by atoms with Crippen LogP contribution < -0.4 is 16.4 Å². The van der Waals surface area contributed by atoms with Crippen LogP contribution in [0.3, 0.4) is 0 Å². The number of nitrogen functional groups attached to an aromatic ring is 1. The van der Waals surface area contributed by atoms with Crippen LogP contribution in [0, 0.1) is 5.92 Å². The minimum absolute atomic E-state index is 0.123. The van der Waals surface area contributed by atoms with E-state index < -0.39 is 0 Å². The Hall–Kier alpha value is -1.34. The van der Waals surface area contributed by atoms with Crippen molar-refractivity contribution in [3.05, 3.63) is 4.88 Å². The molecule has 6 nitrogen and oxygen atoms in total. The zero-order valence-electron chi connectivity index (χ0n) is 12.8. The summed E-state index contributed by atoms with van der Waals surface area (Å²) in [6.45, 7) is 8.91. The van der Waals surface area contributed by atoms with Crippen LogP contribution in [0.25, 0.3) is 0 Å². The van der Waals surface area contributed by atoms with Gasteiger partial charge in [0.25, 0.3) is 5.91 Å². The van der Waals surface area contributed by atoms with Gasteiger partial charge in [-0.3, -0.25) is 4.79 Å². The van der Waals surface area contributed by atoms with Crippen LogP contribution in [0.2, 0.25) is 0 Å². The third-order valence-electron chi connectivity index (χ3n) is 3.43. The highest BCUT2D eigenvalue weighted by Gasteiger charge is 2.17. The Kier molecular flexibility index (Phi) is 5.81. The fourth-order valence-corrected chi connectivity index (χ4v) is 3.08. The number of carbonyl (C=O) groups excluding carboxylic acids is 1. The number of nitrogens with two attached hydrogens (primary N) is 1. The number of rotatable bonds is 7. The molecule has 0 unspecified atom stereocenters. The van der Waals surface area contributed by atoms with Crippen LogP contribution in [-0.4, -0.2) is 48.5 Å². The minimum Gasteiger partial charge on any atom is -0.382 e. The highest BCUT2D eigenvalue weighted by Crippen LogP contribution is 2.24. The quantitative estimate of drug-likeness (QED) is 0.713. The van der Waals surface area contributed by atoms with Gasteiger partial charge in [-0.2, -0.15) is 0 Å². The summed E-state index contributed by atoms with van der Waals surface area (Å²) in [5, 5.41) is 6.84. The molecule has 1 fully saturated rings. The Bertz CT molecular complexity index is 468. The molecule has 21 heavy (non-hydrogen) atoms. The number of anilines is 2. The van der Waals surface area contributed by atoms with Gasteiger partial charge in [0.15, 0.2) is 5.13 Å². The maximum Gasteiger partial charge on any atom is 0.265 e. The van der Waals surface area contributed by atoms with E-state index in [0.717, 1.165) is 26.2 Å². The molecule has 0 aliphatic carbocycles. The van der Waals surface area contributed by atoms with Gasteiger partial charge < -0.3 is 21.3 Å². The summed E-state index contributed by atoms with van der Waals surface area (Å²) < 4.78 is 0. The van der Waals surface area contributed by atoms with Gasteiger partial charge in [0, 0.05) is 19.6 Å². The number of likely N-dealkylation sites (tertiary alicyclic amines) is 1. The largest absolute Gasteiger partial charge is 0.382 e. The number of nitrogens with one attached hydrogen (secondary N) is 2. The number of thiazole rings is 1. The molecule has 1 saturated heterocycles. The Morgan fingerprint density at radius 3 is 2.81 bits per heavy atom. The van der Waals surface area contributed by atoms with Gasteiger partial charge in [-0.15, -0.1) is 0 Å². The summed E-state index contributed by atoms with van der Waals surface area (Å²) in [7, 11) is 0. The third-order valence-corrected chi connectivity index (χ3v) is 4.46. The first-order valence-electron chi connectivity index (χ1n) is 7.57. The average Bonchev–Trinajstić information content (AvgIpc) is 3.06. The van der Waals surface area contributed by atoms with Crippen LogP contribution in [0.4, 0.5) is 10.9 Å². The predicted octanol–water partition coefficient (Wildman–Crippen LogP) is 1.62. The van der Waals surface area contributed by atoms with Crippen molar-refractivity contribution in [2.75, 3.05) is 43.8 Å². The second-order valence-electron chi connectivity index (χ2n) is 5.81. The smallest absolute Gasteiger partial charge is 0.265 e. The molecule has 1 aliphatic rings. The van der Waals surface area contributed by atoms with Crippen LogP contribution in [-0.2, 0) is 0 Å². The first kappa shape index (κ1) is 16.0.